The van der Waals surface area contributed by atoms with Gasteiger partial charge in [0.1, 0.15) is 5.82 Å². The Kier molecular flexibility index (Phi) is 6.79. The van der Waals surface area contributed by atoms with Crippen molar-refractivity contribution in [2.24, 2.45) is 0 Å². The van der Waals surface area contributed by atoms with Crippen molar-refractivity contribution in [1.29, 1.82) is 0 Å². The van der Waals surface area contributed by atoms with Gasteiger partial charge in [-0.15, -0.1) is 0 Å². The number of anilines is 2. The van der Waals surface area contributed by atoms with Crippen LogP contribution in [0.3, 0.4) is 0 Å². The molecule has 27 heavy (non-hydrogen) atoms. The number of hydrogen-bond acceptors (Lipinski definition) is 3. The number of quaternary nitrogens is 1. The molecule has 2 amide bonds. The lowest BCUT2D eigenvalue weighted by molar-refractivity contribution is -0.885. The van der Waals surface area contributed by atoms with Crippen LogP contribution in [0.1, 0.15) is 24.2 Å². The summed E-state index contributed by atoms with van der Waals surface area (Å²) in [5.41, 5.74) is 1.65. The lowest BCUT2D eigenvalue weighted by Gasteiger charge is -2.20. The molecule has 0 heterocycles. The van der Waals surface area contributed by atoms with Crippen LogP contribution in [-0.2, 0) is 9.59 Å². The molecule has 2 atom stereocenters. The van der Waals surface area contributed by atoms with Crippen LogP contribution in [-0.4, -0.2) is 37.2 Å². The van der Waals surface area contributed by atoms with E-state index >= 15 is 0 Å². The smallest absolute Gasteiger partial charge is 0.282 e. The Bertz CT molecular complexity index is 819. The summed E-state index contributed by atoms with van der Waals surface area (Å²) in [5.74, 6) is -0.933. The van der Waals surface area contributed by atoms with Crippen LogP contribution in [0.4, 0.5) is 15.8 Å². The third kappa shape index (κ3) is 6.00. The molecule has 0 bridgehead atoms. The zero-order valence-electron chi connectivity index (χ0n) is 15.5. The standard InChI is InChI=1S/C20H22FN3O3/c1-13(20(27)23-18-8-4-15(5-9-18)14(2)25)24(3)12-19(26)22-17-10-6-16(21)7-11-17/h4-11,13H,12H2,1-3H3,(H,22,26)(H,23,27)/p+1/t13-/m1/s1. The van der Waals surface area contributed by atoms with E-state index in [0.717, 1.165) is 0 Å². The summed E-state index contributed by atoms with van der Waals surface area (Å²) in [6.45, 7) is 3.28. The predicted molar refractivity (Wildman–Crippen MR) is 101 cm³/mol. The largest absolute Gasteiger partial charge is 0.321 e. The zero-order valence-corrected chi connectivity index (χ0v) is 15.5. The van der Waals surface area contributed by atoms with Gasteiger partial charge >= 0.3 is 0 Å². The minimum absolute atomic E-state index is 0.0439. The SMILES string of the molecule is CC(=O)c1ccc(NC(=O)[C@@H](C)[NH+](C)CC(=O)Nc2ccc(F)cc2)cc1. The summed E-state index contributed by atoms with van der Waals surface area (Å²) in [7, 11) is 1.74. The molecule has 142 valence electrons. The number of ketones is 1. The summed E-state index contributed by atoms with van der Waals surface area (Å²) >= 11 is 0. The van der Waals surface area contributed by atoms with Gasteiger partial charge in [-0.05, 0) is 62.4 Å². The van der Waals surface area contributed by atoms with Crippen molar-refractivity contribution in [1.82, 2.24) is 0 Å². The number of benzene rings is 2. The Morgan fingerprint density at radius 3 is 2.04 bits per heavy atom. The highest BCUT2D eigenvalue weighted by Gasteiger charge is 2.24. The summed E-state index contributed by atoms with van der Waals surface area (Å²) in [6, 6.07) is 11.6. The fraction of sp³-hybridized carbons (Fsp3) is 0.250. The minimum atomic E-state index is -0.476. The Balaban J connectivity index is 1.88. The third-order valence-corrected chi connectivity index (χ3v) is 4.26. The molecule has 0 aliphatic heterocycles. The van der Waals surface area contributed by atoms with Gasteiger partial charge in [0.05, 0.1) is 7.05 Å². The first-order chi connectivity index (χ1) is 12.8. The van der Waals surface area contributed by atoms with Crippen molar-refractivity contribution in [3.8, 4) is 0 Å². The number of amides is 2. The number of likely N-dealkylation sites (N-methyl/N-ethyl adjacent to an activating group) is 1. The fourth-order valence-electron chi connectivity index (χ4n) is 2.41. The number of carbonyl (C=O) groups is 3. The molecule has 6 nitrogen and oxygen atoms in total. The molecule has 2 aromatic carbocycles. The highest BCUT2D eigenvalue weighted by Crippen LogP contribution is 2.10. The third-order valence-electron chi connectivity index (χ3n) is 4.26. The first kappa shape index (κ1) is 20.3. The molecule has 7 heteroatoms. The molecule has 0 spiro atoms. The Morgan fingerprint density at radius 1 is 0.963 bits per heavy atom. The van der Waals surface area contributed by atoms with Crippen LogP contribution in [0.15, 0.2) is 48.5 Å². The van der Waals surface area contributed by atoms with Crippen LogP contribution in [0.5, 0.6) is 0 Å². The van der Waals surface area contributed by atoms with Crippen LogP contribution < -0.4 is 15.5 Å². The molecule has 2 rings (SSSR count). The number of hydrogen-bond donors (Lipinski definition) is 3. The Hall–Kier alpha value is -3.06. The van der Waals surface area contributed by atoms with Gasteiger partial charge in [-0.1, -0.05) is 0 Å². The maximum atomic E-state index is 12.9. The summed E-state index contributed by atoms with van der Waals surface area (Å²) in [6.07, 6.45) is 0. The lowest BCUT2D eigenvalue weighted by atomic mass is 10.1. The van der Waals surface area contributed by atoms with Gasteiger partial charge in [-0.3, -0.25) is 14.4 Å². The van der Waals surface area contributed by atoms with E-state index in [2.05, 4.69) is 10.6 Å². The molecule has 0 fully saturated rings. The number of nitrogens with one attached hydrogen (secondary N) is 3. The lowest BCUT2D eigenvalue weighted by Crippen LogP contribution is -3.14. The number of carbonyl (C=O) groups excluding carboxylic acids is 3. The van der Waals surface area contributed by atoms with E-state index in [0.29, 0.717) is 21.8 Å². The van der Waals surface area contributed by atoms with Gasteiger partial charge < -0.3 is 15.5 Å². The average Bonchev–Trinajstić information content (AvgIpc) is 2.63. The van der Waals surface area contributed by atoms with E-state index in [9.17, 15) is 18.8 Å². The van der Waals surface area contributed by atoms with Gasteiger partial charge in [0, 0.05) is 16.9 Å². The molecule has 2 aromatic rings. The van der Waals surface area contributed by atoms with E-state index in [1.165, 1.54) is 31.2 Å². The van der Waals surface area contributed by atoms with Crippen molar-refractivity contribution in [2.75, 3.05) is 24.2 Å². The summed E-state index contributed by atoms with van der Waals surface area (Å²) in [5, 5.41) is 5.44. The molecule has 0 saturated heterocycles. The maximum absolute atomic E-state index is 12.9. The summed E-state index contributed by atoms with van der Waals surface area (Å²) in [4.78, 5) is 36.5. The highest BCUT2D eigenvalue weighted by atomic mass is 19.1. The predicted octanol–water partition coefficient (Wildman–Crippen LogP) is 1.51. The molecule has 0 radical (unpaired) electrons. The Morgan fingerprint density at radius 2 is 1.48 bits per heavy atom. The van der Waals surface area contributed by atoms with Crippen molar-refractivity contribution in [3.63, 3.8) is 0 Å². The molecule has 0 saturated carbocycles. The molecule has 0 aliphatic rings. The van der Waals surface area contributed by atoms with Gasteiger partial charge in [-0.25, -0.2) is 4.39 Å². The second-order valence-electron chi connectivity index (χ2n) is 6.42. The maximum Gasteiger partial charge on any atom is 0.282 e. The molecule has 1 unspecified atom stereocenters. The number of halogens is 1. The average molecular weight is 372 g/mol. The second kappa shape index (κ2) is 9.05. The molecule has 0 aliphatic carbocycles. The van der Waals surface area contributed by atoms with Gasteiger partial charge in [0.25, 0.3) is 11.8 Å². The zero-order chi connectivity index (χ0) is 20.0. The van der Waals surface area contributed by atoms with Gasteiger partial charge in [-0.2, -0.15) is 0 Å². The number of Topliss-reactive ketones (excluding diaryl/α,β-unsaturated/α-hetero) is 1. The molecule has 0 aromatic heterocycles. The second-order valence-corrected chi connectivity index (χ2v) is 6.42. The first-order valence-corrected chi connectivity index (χ1v) is 8.56. The van der Waals surface area contributed by atoms with Crippen LogP contribution in [0.2, 0.25) is 0 Å². The minimum Gasteiger partial charge on any atom is -0.321 e. The quantitative estimate of drug-likeness (QED) is 0.645. The van der Waals surface area contributed by atoms with Crippen molar-refractivity contribution in [2.45, 2.75) is 19.9 Å². The summed E-state index contributed by atoms with van der Waals surface area (Å²) < 4.78 is 12.9. The van der Waals surface area contributed by atoms with Crippen molar-refractivity contribution in [3.05, 3.63) is 59.9 Å². The van der Waals surface area contributed by atoms with Crippen molar-refractivity contribution < 1.29 is 23.7 Å². The topological polar surface area (TPSA) is 79.7 Å². The molecular formula is C20H23FN3O3+. The fourth-order valence-corrected chi connectivity index (χ4v) is 2.41. The highest BCUT2D eigenvalue weighted by molar-refractivity contribution is 5.96. The van der Waals surface area contributed by atoms with Crippen LogP contribution >= 0.6 is 0 Å². The van der Waals surface area contributed by atoms with E-state index in [4.69, 9.17) is 0 Å². The number of rotatable bonds is 7. The van der Waals surface area contributed by atoms with Gasteiger partial charge in [0.15, 0.2) is 18.4 Å². The normalized spacial score (nSPS) is 12.7. The van der Waals surface area contributed by atoms with E-state index < -0.39 is 6.04 Å². The Labute approximate surface area is 157 Å². The van der Waals surface area contributed by atoms with E-state index in [-0.39, 0.29) is 30.0 Å². The van der Waals surface area contributed by atoms with Crippen LogP contribution in [0.25, 0.3) is 0 Å². The van der Waals surface area contributed by atoms with Crippen LogP contribution in [0, 0.1) is 5.82 Å². The van der Waals surface area contributed by atoms with E-state index in [1.807, 2.05) is 0 Å². The molecule has 3 N–H and O–H groups in total. The van der Waals surface area contributed by atoms with E-state index in [1.54, 1.807) is 38.2 Å². The van der Waals surface area contributed by atoms with Crippen molar-refractivity contribution >= 4 is 29.0 Å². The van der Waals surface area contributed by atoms with Gasteiger partial charge in [0.2, 0.25) is 0 Å². The molecular weight excluding hydrogens is 349 g/mol. The monoisotopic (exact) mass is 372 g/mol. The first-order valence-electron chi connectivity index (χ1n) is 8.56.